The fourth-order valence-electron chi connectivity index (χ4n) is 12.3. The molecule has 0 bridgehead atoms. The number of esters is 1. The van der Waals surface area contributed by atoms with Crippen LogP contribution in [-0.4, -0.2) is 126 Å². The third kappa shape index (κ3) is 11.0. The van der Waals surface area contributed by atoms with Crippen molar-refractivity contribution in [1.29, 1.82) is 5.26 Å². The predicted molar refractivity (Wildman–Crippen MR) is 305 cm³/mol. The molecule has 0 saturated carbocycles. The topological polar surface area (TPSA) is 217 Å². The number of carbonyl (C=O) groups excluding carboxylic acids is 4. The van der Waals surface area contributed by atoms with Crippen molar-refractivity contribution >= 4 is 57.1 Å². The first-order chi connectivity index (χ1) is 39.1. The van der Waals surface area contributed by atoms with Gasteiger partial charge in [-0.3, -0.25) is 19.2 Å². The summed E-state index contributed by atoms with van der Waals surface area (Å²) in [4.78, 5) is 89.8. The van der Waals surface area contributed by atoms with Crippen molar-refractivity contribution in [3.8, 4) is 23.5 Å². The number of ether oxygens (including phenoxy) is 3. The number of piperazine rings is 1. The Morgan fingerprint density at radius 2 is 1.64 bits per heavy atom. The lowest BCUT2D eigenvalue weighted by atomic mass is 9.81. The predicted octanol–water partition coefficient (Wildman–Crippen LogP) is 7.22. The second-order valence-electron chi connectivity index (χ2n) is 21.4. The number of aromatic nitrogens is 4. The van der Waals surface area contributed by atoms with Gasteiger partial charge >= 0.3 is 18.1 Å². The van der Waals surface area contributed by atoms with Gasteiger partial charge < -0.3 is 49.0 Å². The number of pyridine rings is 2. The van der Waals surface area contributed by atoms with Gasteiger partial charge in [0.15, 0.2) is 0 Å². The molecule has 8 heterocycles. The van der Waals surface area contributed by atoms with E-state index in [9.17, 15) is 24.0 Å². The number of hydrogen-bond donors (Lipinski definition) is 2. The molecule has 20 heteroatoms. The molecule has 3 aromatic carbocycles. The summed E-state index contributed by atoms with van der Waals surface area (Å²) in [5.41, 5.74) is 9.35. The summed E-state index contributed by atoms with van der Waals surface area (Å²) in [5, 5.41) is 16.0. The number of rotatable bonds is 10. The lowest BCUT2D eigenvalue weighted by Gasteiger charge is -2.38. The summed E-state index contributed by atoms with van der Waals surface area (Å²) >= 11 is 0. The van der Waals surface area contributed by atoms with E-state index < -0.39 is 36.3 Å². The number of carbonyl (C=O) groups is 4. The summed E-state index contributed by atoms with van der Waals surface area (Å²) in [6, 6.07) is 17.4. The van der Waals surface area contributed by atoms with Gasteiger partial charge in [0, 0.05) is 78.9 Å². The first-order valence-electron chi connectivity index (χ1n) is 27.8. The van der Waals surface area contributed by atoms with Crippen molar-refractivity contribution in [2.45, 2.75) is 97.9 Å². The zero-order chi connectivity index (χ0) is 57.2. The molecule has 0 spiro atoms. The SMILES string of the molecule is C=C(COC(=O)NCC(=O)NC1CCc2c(C)c(F)cc3nc4c(c1c23)Cn1c-4cc2c(c1=O)COC(=O)C2CC)C(=O)N1CCN(c2nc(OC)nc3c2CCN(c2cccc4cccc(C)c24)C3)CC1.CC#N.CN1CCCC1. The zero-order valence-corrected chi connectivity index (χ0v) is 46.9. The minimum absolute atomic E-state index is 0.0846. The Balaban J connectivity index is 0.000000754. The summed E-state index contributed by atoms with van der Waals surface area (Å²) < 4.78 is 33.3. The highest BCUT2D eigenvalue weighted by Crippen LogP contribution is 2.46. The van der Waals surface area contributed by atoms with Crippen LogP contribution in [-0.2, 0) is 56.4 Å². The number of benzene rings is 3. The van der Waals surface area contributed by atoms with Crippen molar-refractivity contribution in [1.82, 2.24) is 40.0 Å². The van der Waals surface area contributed by atoms with E-state index in [-0.39, 0.29) is 48.8 Å². The van der Waals surface area contributed by atoms with Gasteiger partial charge in [0.05, 0.1) is 66.4 Å². The normalized spacial score (nSPS) is 17.7. The number of amides is 3. The Kier molecular flexibility index (Phi) is 16.4. The van der Waals surface area contributed by atoms with Gasteiger partial charge in [0.2, 0.25) is 5.91 Å². The van der Waals surface area contributed by atoms with Crippen molar-refractivity contribution in [2.24, 2.45) is 0 Å². The number of hydrogen-bond acceptors (Lipinski definition) is 15. The number of alkyl carbamates (subject to hydrolysis) is 1. The minimum Gasteiger partial charge on any atom is -0.467 e. The number of fused-ring (bicyclic) bond motifs is 7. The number of anilines is 2. The van der Waals surface area contributed by atoms with Gasteiger partial charge in [-0.05, 0) is 118 Å². The van der Waals surface area contributed by atoms with Crippen LogP contribution >= 0.6 is 0 Å². The molecule has 422 valence electrons. The average Bonchev–Trinajstić information content (AvgIpc) is 2.97. The Morgan fingerprint density at radius 1 is 0.901 bits per heavy atom. The molecule has 3 aromatic heterocycles. The van der Waals surface area contributed by atoms with Crippen LogP contribution in [0.4, 0.5) is 20.7 Å². The molecular weight excluding hydrogens is 1030 g/mol. The Labute approximate surface area is 469 Å². The van der Waals surface area contributed by atoms with Gasteiger partial charge in [-0.2, -0.15) is 15.2 Å². The molecule has 2 atom stereocenters. The van der Waals surface area contributed by atoms with Crippen LogP contribution in [0.15, 0.2) is 65.5 Å². The molecule has 5 aliphatic heterocycles. The molecule has 3 amide bonds. The number of cyclic esters (lactones) is 1. The largest absolute Gasteiger partial charge is 0.467 e. The summed E-state index contributed by atoms with van der Waals surface area (Å²) in [6.07, 6.45) is 4.00. The molecule has 2 saturated heterocycles. The minimum atomic E-state index is -0.903. The number of nitrogens with zero attached hydrogens (tertiary/aromatic N) is 9. The first kappa shape index (κ1) is 55.9. The van der Waals surface area contributed by atoms with E-state index in [1.807, 2.05) is 13.0 Å². The van der Waals surface area contributed by atoms with Crippen LogP contribution in [0.5, 0.6) is 6.01 Å². The molecule has 6 aliphatic rings. The highest BCUT2D eigenvalue weighted by molar-refractivity contribution is 5.98. The number of nitrogens with one attached hydrogen (secondary N) is 2. The van der Waals surface area contributed by atoms with Crippen molar-refractivity contribution in [2.75, 3.05) is 82.9 Å². The van der Waals surface area contributed by atoms with Crippen LogP contribution in [0.25, 0.3) is 33.1 Å². The van der Waals surface area contributed by atoms with Crippen LogP contribution < -0.4 is 30.7 Å². The quantitative estimate of drug-likeness (QED) is 0.102. The van der Waals surface area contributed by atoms with Gasteiger partial charge in [-0.25, -0.2) is 14.2 Å². The van der Waals surface area contributed by atoms with E-state index in [1.54, 1.807) is 29.6 Å². The zero-order valence-electron chi connectivity index (χ0n) is 46.9. The molecule has 12 rings (SSSR count). The monoisotopic (exact) mass is 1100 g/mol. The van der Waals surface area contributed by atoms with Crippen LogP contribution in [0.3, 0.4) is 0 Å². The number of likely N-dealkylation sites (tertiary alicyclic amines) is 1. The first-order valence-corrected chi connectivity index (χ1v) is 27.8. The van der Waals surface area contributed by atoms with E-state index >= 15 is 4.39 Å². The molecule has 2 N–H and O–H groups in total. The molecule has 19 nitrogen and oxygen atoms in total. The molecule has 0 radical (unpaired) electrons. The third-order valence-electron chi connectivity index (χ3n) is 16.4. The summed E-state index contributed by atoms with van der Waals surface area (Å²) in [5.74, 6) is -1.43. The van der Waals surface area contributed by atoms with Gasteiger partial charge in [-0.15, -0.1) is 0 Å². The van der Waals surface area contributed by atoms with Crippen molar-refractivity contribution in [3.05, 3.63) is 127 Å². The molecule has 2 fully saturated rings. The number of methoxy groups -OCH3 is 1. The van der Waals surface area contributed by atoms with Crippen LogP contribution in [0.2, 0.25) is 0 Å². The molecule has 2 unspecified atom stereocenters. The van der Waals surface area contributed by atoms with E-state index in [1.165, 1.54) is 60.9 Å². The average molecular weight is 1100 g/mol. The highest BCUT2D eigenvalue weighted by Gasteiger charge is 2.38. The Morgan fingerprint density at radius 3 is 2.35 bits per heavy atom. The fourth-order valence-corrected chi connectivity index (χ4v) is 12.3. The molecule has 6 aromatic rings. The van der Waals surface area contributed by atoms with E-state index in [0.29, 0.717) is 85.6 Å². The smallest absolute Gasteiger partial charge is 0.407 e. The standard InChI is InChI=1S/C54H54FN9O8.C5H11N.C2H3N/c1-6-32-35-21-43-48-36(24-64(43)51(67)37(35)27-71-52(32)68)47-39(14-13-33-30(4)38(55)22-40(58-48)46(33)47)57-44(65)23-56-54(69)72-26-29(3)50(66)62-19-17-61(18-20-62)49-34-15-16-63(25-41(34)59-53(60-49)70-5)42-12-8-11-31-10-7-9-28(2)45(31)42;1-6-4-2-3-5-6;1-2-3/h7-12,21-22,32,39H,3,6,13-20,23-27H2,1-2,4-5H3,(H,56,69)(H,57,65);2-5H2,1H3;1H3. The van der Waals surface area contributed by atoms with E-state index in [0.717, 1.165) is 52.1 Å². The van der Waals surface area contributed by atoms with Crippen LogP contribution in [0, 0.1) is 31.0 Å². The van der Waals surface area contributed by atoms with E-state index in [2.05, 4.69) is 82.3 Å². The maximum absolute atomic E-state index is 15.4. The van der Waals surface area contributed by atoms with Crippen molar-refractivity contribution in [3.63, 3.8) is 0 Å². The number of aryl methyl sites for hydroxylation is 2. The number of nitriles is 1. The van der Waals surface area contributed by atoms with Gasteiger partial charge in [0.25, 0.3) is 11.5 Å². The molecule has 81 heavy (non-hydrogen) atoms. The van der Waals surface area contributed by atoms with Gasteiger partial charge in [-0.1, -0.05) is 43.8 Å². The lowest BCUT2D eigenvalue weighted by molar-refractivity contribution is -0.148. The van der Waals surface area contributed by atoms with E-state index in [4.69, 9.17) is 34.4 Å². The maximum atomic E-state index is 15.4. The molecular formula is C61H68FN11O8. The lowest BCUT2D eigenvalue weighted by Crippen LogP contribution is -2.50. The summed E-state index contributed by atoms with van der Waals surface area (Å²) in [7, 11) is 3.73. The summed E-state index contributed by atoms with van der Waals surface area (Å²) in [6.45, 7) is 16.1. The Bertz CT molecular complexity index is 3610. The highest BCUT2D eigenvalue weighted by atomic mass is 19.1. The second-order valence-corrected chi connectivity index (χ2v) is 21.4. The molecule has 1 aliphatic carbocycles. The maximum Gasteiger partial charge on any atom is 0.407 e. The van der Waals surface area contributed by atoms with Crippen molar-refractivity contribution < 1.29 is 37.8 Å². The fraction of sp³-hybridized carbons (Fsp3) is 0.426. The third-order valence-corrected chi connectivity index (χ3v) is 16.4. The second kappa shape index (κ2) is 23.7. The Hall–Kier alpha value is -8.44. The van der Waals surface area contributed by atoms with Crippen LogP contribution in [0.1, 0.15) is 102 Å². The van der Waals surface area contributed by atoms with Gasteiger partial charge in [0.1, 0.15) is 31.4 Å². The number of halogens is 1.